The minimum absolute atomic E-state index is 0.0502. The zero-order chi connectivity index (χ0) is 19.6. The van der Waals surface area contributed by atoms with Crippen LogP contribution in [0.1, 0.15) is 33.1 Å². The molecule has 3 rings (SSSR count). The van der Waals surface area contributed by atoms with E-state index in [-0.39, 0.29) is 10.6 Å². The lowest BCUT2D eigenvalue weighted by Gasteiger charge is -2.12. The van der Waals surface area contributed by atoms with E-state index in [0.717, 1.165) is 26.7 Å². The lowest BCUT2D eigenvalue weighted by molar-refractivity contribution is 0.0701. The molecule has 0 saturated heterocycles. The van der Waals surface area contributed by atoms with Gasteiger partial charge in [-0.2, -0.15) is 0 Å². The van der Waals surface area contributed by atoms with E-state index in [1.54, 1.807) is 12.3 Å². The van der Waals surface area contributed by atoms with E-state index in [1.165, 1.54) is 17.4 Å². The third kappa shape index (κ3) is 4.97. The molecule has 0 spiro atoms. The summed E-state index contributed by atoms with van der Waals surface area (Å²) in [5.41, 5.74) is 1.30. The second-order valence-electron chi connectivity index (χ2n) is 5.89. The zero-order valence-corrected chi connectivity index (χ0v) is 17.4. The van der Waals surface area contributed by atoms with E-state index in [9.17, 15) is 13.2 Å². The maximum atomic E-state index is 12.5. The third-order valence-electron chi connectivity index (χ3n) is 3.83. The first-order chi connectivity index (χ1) is 12.7. The molecule has 3 aromatic rings. The Kier molecular flexibility index (Phi) is 6.02. The Bertz CT molecular complexity index is 1050. The van der Waals surface area contributed by atoms with Crippen molar-refractivity contribution in [2.24, 2.45) is 0 Å². The predicted molar refractivity (Wildman–Crippen MR) is 110 cm³/mol. The highest BCUT2D eigenvalue weighted by molar-refractivity contribution is 7.88. The van der Waals surface area contributed by atoms with Crippen molar-refractivity contribution in [1.82, 2.24) is 4.72 Å². The first-order valence-electron chi connectivity index (χ1n) is 7.90. The molecule has 0 saturated carbocycles. The number of nitrogens with one attached hydrogen (secondary N) is 1. The van der Waals surface area contributed by atoms with Crippen LogP contribution >= 0.6 is 34.3 Å². The normalized spacial score (nSPS) is 12.8. The predicted octanol–water partition coefficient (Wildman–Crippen LogP) is 5.01. The smallest absolute Gasteiger partial charge is 0.346 e. The summed E-state index contributed by atoms with van der Waals surface area (Å²) in [5.74, 6) is -1.48. The van der Waals surface area contributed by atoms with Gasteiger partial charge >= 0.3 is 5.97 Å². The van der Waals surface area contributed by atoms with E-state index in [2.05, 4.69) is 4.72 Å². The molecular formula is C18H16ClNO4S3. The van der Waals surface area contributed by atoms with Crippen LogP contribution in [0.2, 0.25) is 5.02 Å². The molecule has 27 heavy (non-hydrogen) atoms. The Labute approximate surface area is 170 Å². The van der Waals surface area contributed by atoms with Crippen LogP contribution in [0.3, 0.4) is 0 Å². The third-order valence-corrected chi connectivity index (χ3v) is 7.74. The molecule has 9 heteroatoms. The van der Waals surface area contributed by atoms with Gasteiger partial charge in [-0.05, 0) is 53.8 Å². The number of hydrogen-bond donors (Lipinski definition) is 2. The van der Waals surface area contributed by atoms with Crippen molar-refractivity contribution in [3.8, 4) is 10.4 Å². The molecule has 0 amide bonds. The van der Waals surface area contributed by atoms with Crippen molar-refractivity contribution >= 4 is 50.3 Å². The molecule has 1 unspecified atom stereocenters. The second kappa shape index (κ2) is 8.12. The van der Waals surface area contributed by atoms with E-state index < -0.39 is 22.0 Å². The van der Waals surface area contributed by atoms with Crippen molar-refractivity contribution in [2.75, 3.05) is 0 Å². The Balaban J connectivity index is 1.72. The lowest BCUT2D eigenvalue weighted by atomic mass is 10.2. The number of carboxylic acid groups (broad SMARTS) is 1. The van der Waals surface area contributed by atoms with Crippen molar-refractivity contribution < 1.29 is 18.3 Å². The summed E-state index contributed by atoms with van der Waals surface area (Å²) in [6.07, 6.45) is 0. The molecule has 5 nitrogen and oxygen atoms in total. The largest absolute Gasteiger partial charge is 0.477 e. The average Bonchev–Trinajstić information content (AvgIpc) is 3.24. The number of thiophene rings is 2. The van der Waals surface area contributed by atoms with Crippen molar-refractivity contribution in [2.45, 2.75) is 18.7 Å². The quantitative estimate of drug-likeness (QED) is 0.539. The van der Waals surface area contributed by atoms with Gasteiger partial charge in [0.1, 0.15) is 4.88 Å². The summed E-state index contributed by atoms with van der Waals surface area (Å²) in [6.45, 7) is 1.76. The number of benzene rings is 1. The molecule has 142 valence electrons. The fraction of sp³-hybridized carbons (Fsp3) is 0.167. The van der Waals surface area contributed by atoms with Crippen LogP contribution in [0.25, 0.3) is 10.4 Å². The van der Waals surface area contributed by atoms with E-state index in [1.807, 2.05) is 36.4 Å². The molecule has 0 aliphatic heterocycles. The second-order valence-corrected chi connectivity index (χ2v) is 10.1. The first-order valence-corrected chi connectivity index (χ1v) is 11.6. The Morgan fingerprint density at radius 2 is 1.89 bits per heavy atom. The molecule has 1 aromatic carbocycles. The van der Waals surface area contributed by atoms with Gasteiger partial charge in [-0.1, -0.05) is 23.7 Å². The van der Waals surface area contributed by atoms with Gasteiger partial charge in [0, 0.05) is 14.8 Å². The fourth-order valence-corrected chi connectivity index (χ4v) is 6.03. The highest BCUT2D eigenvalue weighted by Crippen LogP contribution is 2.32. The molecule has 2 aromatic heterocycles. The summed E-state index contributed by atoms with van der Waals surface area (Å²) in [6, 6.07) is 12.4. The number of carbonyl (C=O) groups is 1. The van der Waals surface area contributed by atoms with Gasteiger partial charge < -0.3 is 5.11 Å². The van der Waals surface area contributed by atoms with Crippen molar-refractivity contribution in [3.63, 3.8) is 0 Å². The standard InChI is InChI=1S/C18H16ClNO4S3/c1-11(15-6-7-16(26-15)12-2-4-14(19)5-3-12)20-27(23,24)10-13-8-9-25-17(13)18(21)22/h2-9,11,20H,10H2,1H3,(H,21,22). The van der Waals surface area contributed by atoms with Crippen LogP contribution in [-0.2, 0) is 15.8 Å². The van der Waals surface area contributed by atoms with Crippen LogP contribution < -0.4 is 4.72 Å². The van der Waals surface area contributed by atoms with Gasteiger partial charge in [0.2, 0.25) is 10.0 Å². The number of halogens is 1. The van der Waals surface area contributed by atoms with Gasteiger partial charge in [0.25, 0.3) is 0 Å². The number of hydrogen-bond acceptors (Lipinski definition) is 5. The molecule has 1 atom stereocenters. The molecule has 0 bridgehead atoms. The van der Waals surface area contributed by atoms with Gasteiger partial charge in [0.05, 0.1) is 11.8 Å². The van der Waals surface area contributed by atoms with Gasteiger partial charge in [0.15, 0.2) is 0 Å². The first kappa shape index (κ1) is 20.0. The van der Waals surface area contributed by atoms with Crippen LogP contribution in [0.15, 0.2) is 47.8 Å². The molecule has 2 N–H and O–H groups in total. The fourth-order valence-electron chi connectivity index (χ4n) is 2.57. The van der Waals surface area contributed by atoms with Crippen molar-refractivity contribution in [1.29, 1.82) is 0 Å². The topological polar surface area (TPSA) is 83.5 Å². The SMILES string of the molecule is CC(NS(=O)(=O)Cc1ccsc1C(=O)O)c1ccc(-c2ccc(Cl)cc2)s1. The average molecular weight is 442 g/mol. The summed E-state index contributed by atoms with van der Waals surface area (Å²) in [7, 11) is -3.69. The van der Waals surface area contributed by atoms with Gasteiger partial charge in [-0.25, -0.2) is 17.9 Å². The Morgan fingerprint density at radius 3 is 2.56 bits per heavy atom. The van der Waals surface area contributed by atoms with E-state index in [4.69, 9.17) is 16.7 Å². The molecule has 0 aliphatic rings. The monoisotopic (exact) mass is 441 g/mol. The molecule has 0 aliphatic carbocycles. The number of sulfonamides is 1. The Morgan fingerprint density at radius 1 is 1.19 bits per heavy atom. The number of aromatic carboxylic acids is 1. The molecular weight excluding hydrogens is 426 g/mol. The highest BCUT2D eigenvalue weighted by atomic mass is 35.5. The minimum Gasteiger partial charge on any atom is -0.477 e. The molecule has 0 radical (unpaired) electrons. The van der Waals surface area contributed by atoms with Gasteiger partial charge in [-0.3, -0.25) is 0 Å². The van der Waals surface area contributed by atoms with Crippen LogP contribution in [0.4, 0.5) is 0 Å². The maximum Gasteiger partial charge on any atom is 0.346 e. The molecule has 2 heterocycles. The highest BCUT2D eigenvalue weighted by Gasteiger charge is 2.22. The van der Waals surface area contributed by atoms with Crippen LogP contribution in [0, 0.1) is 0 Å². The lowest BCUT2D eigenvalue weighted by Crippen LogP contribution is -2.28. The summed E-state index contributed by atoms with van der Waals surface area (Å²) < 4.78 is 27.5. The summed E-state index contributed by atoms with van der Waals surface area (Å²) >= 11 is 8.42. The number of rotatable bonds is 7. The maximum absolute atomic E-state index is 12.5. The van der Waals surface area contributed by atoms with Crippen LogP contribution in [0.5, 0.6) is 0 Å². The Hall–Kier alpha value is -1.71. The van der Waals surface area contributed by atoms with Gasteiger partial charge in [-0.15, -0.1) is 22.7 Å². The van der Waals surface area contributed by atoms with Crippen LogP contribution in [-0.4, -0.2) is 19.5 Å². The zero-order valence-electron chi connectivity index (χ0n) is 14.2. The molecule has 0 fully saturated rings. The summed E-state index contributed by atoms with van der Waals surface area (Å²) in [4.78, 5) is 13.1. The van der Waals surface area contributed by atoms with E-state index >= 15 is 0 Å². The van der Waals surface area contributed by atoms with Crippen molar-refractivity contribution in [3.05, 3.63) is 68.2 Å². The minimum atomic E-state index is -3.69. The van der Waals surface area contributed by atoms with E-state index in [0.29, 0.717) is 10.6 Å². The number of carboxylic acids is 1. The summed E-state index contributed by atoms with van der Waals surface area (Å²) in [5, 5.41) is 11.4.